The van der Waals surface area contributed by atoms with Crippen LogP contribution in [-0.2, 0) is 16.1 Å². The van der Waals surface area contributed by atoms with E-state index in [1.54, 1.807) is 11.8 Å². The van der Waals surface area contributed by atoms with E-state index in [9.17, 15) is 9.59 Å². The molecule has 1 N–H and O–H groups in total. The maximum atomic E-state index is 12.2. The SMILES string of the molecule is CCC1C(=O)NC(C)C(=O)N1Cc1cccc(C)c1. The number of benzene rings is 1. The van der Waals surface area contributed by atoms with Crippen LogP contribution in [0.25, 0.3) is 0 Å². The standard InChI is InChI=1S/C15H20N2O2/c1-4-13-14(18)16-11(3)15(19)17(13)9-12-7-5-6-10(2)8-12/h5-8,11,13H,4,9H2,1-3H3,(H,16,18). The van der Waals surface area contributed by atoms with Gasteiger partial charge in [0.25, 0.3) is 0 Å². The first-order chi connectivity index (χ1) is 9.02. The summed E-state index contributed by atoms with van der Waals surface area (Å²) in [6.45, 7) is 6.18. The number of rotatable bonds is 3. The largest absolute Gasteiger partial charge is 0.343 e. The van der Waals surface area contributed by atoms with E-state index in [4.69, 9.17) is 0 Å². The number of nitrogens with zero attached hydrogens (tertiary/aromatic N) is 1. The molecule has 0 bridgehead atoms. The number of carbonyl (C=O) groups excluding carboxylic acids is 2. The predicted molar refractivity (Wildman–Crippen MR) is 73.4 cm³/mol. The van der Waals surface area contributed by atoms with Crippen LogP contribution in [0.15, 0.2) is 24.3 Å². The van der Waals surface area contributed by atoms with Gasteiger partial charge in [0, 0.05) is 6.54 Å². The summed E-state index contributed by atoms with van der Waals surface area (Å²) in [5, 5.41) is 2.73. The van der Waals surface area contributed by atoms with Crippen molar-refractivity contribution in [2.24, 2.45) is 0 Å². The zero-order valence-corrected chi connectivity index (χ0v) is 11.6. The van der Waals surface area contributed by atoms with E-state index in [-0.39, 0.29) is 17.9 Å². The lowest BCUT2D eigenvalue weighted by atomic mass is 10.0. The molecule has 1 heterocycles. The zero-order chi connectivity index (χ0) is 14.0. The van der Waals surface area contributed by atoms with Crippen molar-refractivity contribution in [3.8, 4) is 0 Å². The lowest BCUT2D eigenvalue weighted by Crippen LogP contribution is -2.61. The van der Waals surface area contributed by atoms with Gasteiger partial charge in [-0.2, -0.15) is 0 Å². The van der Waals surface area contributed by atoms with Crippen molar-refractivity contribution in [1.29, 1.82) is 0 Å². The van der Waals surface area contributed by atoms with Gasteiger partial charge >= 0.3 is 0 Å². The fraction of sp³-hybridized carbons (Fsp3) is 0.467. The Labute approximate surface area is 113 Å². The van der Waals surface area contributed by atoms with Crippen LogP contribution >= 0.6 is 0 Å². The van der Waals surface area contributed by atoms with Gasteiger partial charge in [-0.1, -0.05) is 36.8 Å². The molecule has 102 valence electrons. The summed E-state index contributed by atoms with van der Waals surface area (Å²) in [4.78, 5) is 25.9. The molecule has 0 aromatic heterocycles. The summed E-state index contributed by atoms with van der Waals surface area (Å²) in [6, 6.07) is 7.25. The zero-order valence-electron chi connectivity index (χ0n) is 11.6. The van der Waals surface area contributed by atoms with E-state index in [1.807, 2.05) is 32.0 Å². The van der Waals surface area contributed by atoms with Gasteiger partial charge in [-0.05, 0) is 25.8 Å². The first-order valence-corrected chi connectivity index (χ1v) is 6.69. The van der Waals surface area contributed by atoms with Crippen molar-refractivity contribution in [2.75, 3.05) is 0 Å². The Morgan fingerprint density at radius 3 is 2.68 bits per heavy atom. The molecule has 0 radical (unpaired) electrons. The summed E-state index contributed by atoms with van der Waals surface area (Å²) < 4.78 is 0. The number of amides is 2. The quantitative estimate of drug-likeness (QED) is 0.898. The fourth-order valence-corrected chi connectivity index (χ4v) is 2.52. The first-order valence-electron chi connectivity index (χ1n) is 6.69. The third kappa shape index (κ3) is 2.78. The molecule has 1 aromatic rings. The third-order valence-electron chi connectivity index (χ3n) is 3.51. The minimum Gasteiger partial charge on any atom is -0.343 e. The van der Waals surface area contributed by atoms with Crippen molar-refractivity contribution in [2.45, 2.75) is 45.8 Å². The Morgan fingerprint density at radius 1 is 1.32 bits per heavy atom. The Hall–Kier alpha value is -1.84. The third-order valence-corrected chi connectivity index (χ3v) is 3.51. The molecule has 2 unspecified atom stereocenters. The Morgan fingerprint density at radius 2 is 2.05 bits per heavy atom. The van der Waals surface area contributed by atoms with Crippen molar-refractivity contribution in [3.05, 3.63) is 35.4 Å². The summed E-state index contributed by atoms with van der Waals surface area (Å²) in [5.74, 6) is -0.0600. The summed E-state index contributed by atoms with van der Waals surface area (Å²) in [6.07, 6.45) is 0.635. The molecular formula is C15H20N2O2. The normalized spacial score (nSPS) is 23.4. The highest BCUT2D eigenvalue weighted by atomic mass is 16.2. The van der Waals surface area contributed by atoms with Gasteiger partial charge in [0.1, 0.15) is 12.1 Å². The highest BCUT2D eigenvalue weighted by Gasteiger charge is 2.37. The summed E-state index contributed by atoms with van der Waals surface area (Å²) in [5.41, 5.74) is 2.22. The Kier molecular flexibility index (Phi) is 3.88. The molecule has 2 rings (SSSR count). The van der Waals surface area contributed by atoms with Crippen molar-refractivity contribution < 1.29 is 9.59 Å². The molecule has 1 aliphatic heterocycles. The predicted octanol–water partition coefficient (Wildman–Crippen LogP) is 1.62. The van der Waals surface area contributed by atoms with Crippen LogP contribution < -0.4 is 5.32 Å². The molecule has 4 heteroatoms. The molecule has 1 aliphatic rings. The molecule has 0 spiro atoms. The van der Waals surface area contributed by atoms with Gasteiger partial charge < -0.3 is 10.2 Å². The summed E-state index contributed by atoms with van der Waals surface area (Å²) >= 11 is 0. The van der Waals surface area contributed by atoms with Crippen LogP contribution in [0.2, 0.25) is 0 Å². The van der Waals surface area contributed by atoms with Crippen LogP contribution in [-0.4, -0.2) is 28.8 Å². The van der Waals surface area contributed by atoms with Crippen molar-refractivity contribution in [1.82, 2.24) is 10.2 Å². The molecule has 1 saturated heterocycles. The Balaban J connectivity index is 2.24. The van der Waals surface area contributed by atoms with Gasteiger partial charge in [0.15, 0.2) is 0 Å². The maximum Gasteiger partial charge on any atom is 0.245 e. The van der Waals surface area contributed by atoms with Gasteiger partial charge in [0.2, 0.25) is 11.8 Å². The van der Waals surface area contributed by atoms with Gasteiger partial charge in [-0.3, -0.25) is 9.59 Å². The molecule has 4 nitrogen and oxygen atoms in total. The number of hydrogen-bond donors (Lipinski definition) is 1. The highest BCUT2D eigenvalue weighted by molar-refractivity contribution is 5.96. The van der Waals surface area contributed by atoms with E-state index < -0.39 is 6.04 Å². The second-order valence-electron chi connectivity index (χ2n) is 5.11. The number of piperazine rings is 1. The maximum absolute atomic E-state index is 12.2. The van der Waals surface area contributed by atoms with Crippen LogP contribution in [0.4, 0.5) is 0 Å². The van der Waals surface area contributed by atoms with Crippen LogP contribution in [0.1, 0.15) is 31.4 Å². The van der Waals surface area contributed by atoms with E-state index >= 15 is 0 Å². The lowest BCUT2D eigenvalue weighted by Gasteiger charge is -2.37. The fourth-order valence-electron chi connectivity index (χ4n) is 2.52. The first kappa shape index (κ1) is 13.6. The van der Waals surface area contributed by atoms with Crippen LogP contribution in [0, 0.1) is 6.92 Å². The number of hydrogen-bond acceptors (Lipinski definition) is 2. The number of carbonyl (C=O) groups is 2. The molecule has 19 heavy (non-hydrogen) atoms. The van der Waals surface area contributed by atoms with Crippen molar-refractivity contribution in [3.63, 3.8) is 0 Å². The average molecular weight is 260 g/mol. The second kappa shape index (κ2) is 5.43. The molecule has 2 atom stereocenters. The van der Waals surface area contributed by atoms with Gasteiger partial charge in [-0.15, -0.1) is 0 Å². The minimum absolute atomic E-state index is 0.00652. The molecule has 0 saturated carbocycles. The summed E-state index contributed by atoms with van der Waals surface area (Å²) in [7, 11) is 0. The second-order valence-corrected chi connectivity index (χ2v) is 5.11. The van der Waals surface area contributed by atoms with E-state index in [0.29, 0.717) is 13.0 Å². The van der Waals surface area contributed by atoms with Crippen LogP contribution in [0.3, 0.4) is 0 Å². The van der Waals surface area contributed by atoms with E-state index in [1.165, 1.54) is 0 Å². The van der Waals surface area contributed by atoms with Crippen LogP contribution in [0.5, 0.6) is 0 Å². The number of nitrogens with one attached hydrogen (secondary N) is 1. The highest BCUT2D eigenvalue weighted by Crippen LogP contribution is 2.17. The Bertz CT molecular complexity index is 499. The monoisotopic (exact) mass is 260 g/mol. The van der Waals surface area contributed by atoms with Crippen molar-refractivity contribution >= 4 is 11.8 Å². The van der Waals surface area contributed by atoms with Gasteiger partial charge in [0.05, 0.1) is 0 Å². The number of aryl methyl sites for hydroxylation is 1. The van der Waals surface area contributed by atoms with E-state index in [2.05, 4.69) is 11.4 Å². The van der Waals surface area contributed by atoms with E-state index in [0.717, 1.165) is 11.1 Å². The molecule has 1 fully saturated rings. The molecular weight excluding hydrogens is 240 g/mol. The van der Waals surface area contributed by atoms with Gasteiger partial charge in [-0.25, -0.2) is 0 Å². The minimum atomic E-state index is -0.430. The molecule has 1 aromatic carbocycles. The smallest absolute Gasteiger partial charge is 0.245 e. The lowest BCUT2D eigenvalue weighted by molar-refractivity contribution is -0.149. The molecule has 0 aliphatic carbocycles. The average Bonchev–Trinajstić information content (AvgIpc) is 2.36. The molecule has 2 amide bonds. The topological polar surface area (TPSA) is 49.4 Å².